The molecule has 0 bridgehead atoms. The largest absolute Gasteiger partial charge is 0.355 e. The standard InChI is InChI=1S/C22H35N3O2/c1-22(2,3)19-11-9-18(10-12-19)21(27)24-17-20(26)23-13-8-16-25-14-6-4-5-7-15-25/h9-12H,4-8,13-17H2,1-3H3,(H,23,26)(H,24,27). The third kappa shape index (κ3) is 7.71. The highest BCUT2D eigenvalue weighted by atomic mass is 16.2. The van der Waals surface area contributed by atoms with Crippen molar-refractivity contribution in [1.29, 1.82) is 0 Å². The Labute approximate surface area is 163 Å². The summed E-state index contributed by atoms with van der Waals surface area (Å²) in [5.74, 6) is -0.347. The number of benzene rings is 1. The van der Waals surface area contributed by atoms with E-state index in [0.29, 0.717) is 12.1 Å². The van der Waals surface area contributed by atoms with Gasteiger partial charge in [-0.25, -0.2) is 0 Å². The molecule has 27 heavy (non-hydrogen) atoms. The van der Waals surface area contributed by atoms with Crippen LogP contribution in [0.5, 0.6) is 0 Å². The van der Waals surface area contributed by atoms with E-state index in [1.54, 1.807) is 0 Å². The summed E-state index contributed by atoms with van der Waals surface area (Å²) >= 11 is 0. The molecule has 5 heteroatoms. The first-order valence-corrected chi connectivity index (χ1v) is 10.2. The van der Waals surface area contributed by atoms with Gasteiger partial charge in [0.15, 0.2) is 0 Å². The summed E-state index contributed by atoms with van der Waals surface area (Å²) in [4.78, 5) is 26.6. The number of hydrogen-bond donors (Lipinski definition) is 2. The normalized spacial score (nSPS) is 15.8. The van der Waals surface area contributed by atoms with Gasteiger partial charge in [-0.15, -0.1) is 0 Å². The predicted molar refractivity (Wildman–Crippen MR) is 110 cm³/mol. The minimum atomic E-state index is -0.213. The van der Waals surface area contributed by atoms with Gasteiger partial charge in [0.2, 0.25) is 5.91 Å². The van der Waals surface area contributed by atoms with Crippen LogP contribution in [-0.4, -0.2) is 49.4 Å². The number of likely N-dealkylation sites (tertiary alicyclic amines) is 1. The van der Waals surface area contributed by atoms with Crippen LogP contribution in [0.4, 0.5) is 0 Å². The maximum Gasteiger partial charge on any atom is 0.251 e. The number of carbonyl (C=O) groups excluding carboxylic acids is 2. The molecule has 0 atom stereocenters. The zero-order valence-corrected chi connectivity index (χ0v) is 17.1. The fraction of sp³-hybridized carbons (Fsp3) is 0.636. The van der Waals surface area contributed by atoms with Gasteiger partial charge >= 0.3 is 0 Å². The minimum absolute atomic E-state index is 0.0174. The van der Waals surface area contributed by atoms with Gasteiger partial charge in [-0.05, 0) is 62.0 Å². The van der Waals surface area contributed by atoms with Crippen LogP contribution in [0, 0.1) is 0 Å². The molecule has 1 aromatic carbocycles. The Morgan fingerprint density at radius 3 is 2.19 bits per heavy atom. The Balaban J connectivity index is 1.63. The van der Waals surface area contributed by atoms with Crippen LogP contribution in [-0.2, 0) is 10.2 Å². The zero-order chi connectivity index (χ0) is 19.7. The van der Waals surface area contributed by atoms with E-state index in [4.69, 9.17) is 0 Å². The van der Waals surface area contributed by atoms with E-state index in [1.165, 1.54) is 44.3 Å². The first-order valence-electron chi connectivity index (χ1n) is 10.2. The number of carbonyl (C=O) groups is 2. The van der Waals surface area contributed by atoms with Gasteiger partial charge in [-0.3, -0.25) is 9.59 Å². The average Bonchev–Trinajstić information content (AvgIpc) is 2.91. The molecular formula is C22H35N3O2. The van der Waals surface area contributed by atoms with Crippen LogP contribution in [0.15, 0.2) is 24.3 Å². The Bertz CT molecular complexity index is 597. The number of hydrogen-bond acceptors (Lipinski definition) is 3. The van der Waals surface area contributed by atoms with Gasteiger partial charge in [0.1, 0.15) is 0 Å². The molecular weight excluding hydrogens is 338 g/mol. The molecule has 2 rings (SSSR count). The molecule has 1 aliphatic rings. The summed E-state index contributed by atoms with van der Waals surface area (Å²) in [6, 6.07) is 7.57. The molecule has 2 amide bonds. The van der Waals surface area contributed by atoms with Crippen LogP contribution in [0.1, 0.15) is 68.8 Å². The molecule has 1 saturated heterocycles. The van der Waals surface area contributed by atoms with Crippen LogP contribution in [0.25, 0.3) is 0 Å². The summed E-state index contributed by atoms with van der Waals surface area (Å²) in [5.41, 5.74) is 1.82. The van der Waals surface area contributed by atoms with Gasteiger partial charge in [-0.2, -0.15) is 0 Å². The topological polar surface area (TPSA) is 61.4 Å². The quantitative estimate of drug-likeness (QED) is 0.722. The van der Waals surface area contributed by atoms with Crippen molar-refractivity contribution in [3.8, 4) is 0 Å². The summed E-state index contributed by atoms with van der Waals surface area (Å²) in [7, 11) is 0. The van der Waals surface area contributed by atoms with Crippen LogP contribution in [0.2, 0.25) is 0 Å². The molecule has 0 unspecified atom stereocenters. The number of nitrogens with one attached hydrogen (secondary N) is 2. The van der Waals surface area contributed by atoms with Crippen LogP contribution >= 0.6 is 0 Å². The van der Waals surface area contributed by atoms with E-state index >= 15 is 0 Å². The Morgan fingerprint density at radius 1 is 0.963 bits per heavy atom. The SMILES string of the molecule is CC(C)(C)c1ccc(C(=O)NCC(=O)NCCCN2CCCCCC2)cc1. The van der Waals surface area contributed by atoms with Gasteiger partial charge < -0.3 is 15.5 Å². The lowest BCUT2D eigenvalue weighted by atomic mass is 9.87. The van der Waals surface area contributed by atoms with E-state index in [-0.39, 0.29) is 23.8 Å². The summed E-state index contributed by atoms with van der Waals surface area (Å²) in [6.45, 7) is 10.5. The van der Waals surface area contributed by atoms with Crippen molar-refractivity contribution < 1.29 is 9.59 Å². The highest BCUT2D eigenvalue weighted by Crippen LogP contribution is 2.22. The maximum absolute atomic E-state index is 12.2. The second kappa shape index (κ2) is 10.5. The third-order valence-electron chi connectivity index (χ3n) is 5.09. The molecule has 0 spiro atoms. The molecule has 0 aliphatic carbocycles. The zero-order valence-electron chi connectivity index (χ0n) is 17.1. The third-order valence-corrected chi connectivity index (χ3v) is 5.09. The van der Waals surface area contributed by atoms with E-state index in [1.807, 2.05) is 24.3 Å². The molecule has 1 heterocycles. The lowest BCUT2D eigenvalue weighted by Gasteiger charge is -2.19. The van der Waals surface area contributed by atoms with E-state index in [2.05, 4.69) is 36.3 Å². The second-order valence-corrected chi connectivity index (χ2v) is 8.47. The summed E-state index contributed by atoms with van der Waals surface area (Å²) in [5, 5.41) is 5.59. The fourth-order valence-corrected chi connectivity index (χ4v) is 3.34. The number of rotatable bonds is 7. The smallest absolute Gasteiger partial charge is 0.251 e. The maximum atomic E-state index is 12.2. The average molecular weight is 374 g/mol. The van der Waals surface area contributed by atoms with E-state index in [0.717, 1.165) is 13.0 Å². The molecule has 5 nitrogen and oxygen atoms in total. The summed E-state index contributed by atoms with van der Waals surface area (Å²) < 4.78 is 0. The lowest BCUT2D eigenvalue weighted by molar-refractivity contribution is -0.120. The van der Waals surface area contributed by atoms with Crippen molar-refractivity contribution in [2.24, 2.45) is 0 Å². The molecule has 1 aliphatic heterocycles. The highest BCUT2D eigenvalue weighted by molar-refractivity contribution is 5.96. The van der Waals surface area contributed by atoms with Gasteiger partial charge in [0.05, 0.1) is 6.54 Å². The molecule has 0 radical (unpaired) electrons. The molecule has 150 valence electrons. The van der Waals surface area contributed by atoms with Gasteiger partial charge in [-0.1, -0.05) is 45.7 Å². The van der Waals surface area contributed by atoms with Crippen molar-refractivity contribution in [2.75, 3.05) is 32.7 Å². The fourth-order valence-electron chi connectivity index (χ4n) is 3.34. The van der Waals surface area contributed by atoms with Gasteiger partial charge in [0, 0.05) is 12.1 Å². The van der Waals surface area contributed by atoms with Crippen molar-refractivity contribution in [3.05, 3.63) is 35.4 Å². The van der Waals surface area contributed by atoms with Crippen molar-refractivity contribution in [3.63, 3.8) is 0 Å². The van der Waals surface area contributed by atoms with E-state index < -0.39 is 0 Å². The van der Waals surface area contributed by atoms with Gasteiger partial charge in [0.25, 0.3) is 5.91 Å². The molecule has 0 saturated carbocycles. The molecule has 1 fully saturated rings. The minimum Gasteiger partial charge on any atom is -0.355 e. The lowest BCUT2D eigenvalue weighted by Crippen LogP contribution is -2.38. The Kier molecular flexibility index (Phi) is 8.29. The van der Waals surface area contributed by atoms with Crippen molar-refractivity contribution >= 4 is 11.8 Å². The van der Waals surface area contributed by atoms with E-state index in [9.17, 15) is 9.59 Å². The van der Waals surface area contributed by atoms with Crippen LogP contribution < -0.4 is 10.6 Å². The number of amides is 2. The highest BCUT2D eigenvalue weighted by Gasteiger charge is 2.14. The molecule has 1 aromatic rings. The van der Waals surface area contributed by atoms with Crippen molar-refractivity contribution in [2.45, 2.75) is 58.3 Å². The molecule has 2 N–H and O–H groups in total. The van der Waals surface area contributed by atoms with Crippen molar-refractivity contribution in [1.82, 2.24) is 15.5 Å². The van der Waals surface area contributed by atoms with Crippen LogP contribution in [0.3, 0.4) is 0 Å². The monoisotopic (exact) mass is 373 g/mol. The molecule has 0 aromatic heterocycles. The first-order chi connectivity index (χ1) is 12.9. The Morgan fingerprint density at radius 2 is 1.59 bits per heavy atom. The number of nitrogens with zero attached hydrogens (tertiary/aromatic N) is 1. The first kappa shape index (κ1) is 21.4. The Hall–Kier alpha value is -1.88. The summed E-state index contributed by atoms with van der Waals surface area (Å²) in [6.07, 6.45) is 6.20. The second-order valence-electron chi connectivity index (χ2n) is 8.47. The predicted octanol–water partition coefficient (Wildman–Crippen LogP) is 3.10.